The lowest BCUT2D eigenvalue weighted by Gasteiger charge is -2.06. The predicted octanol–water partition coefficient (Wildman–Crippen LogP) is 3.01. The molecule has 20 heavy (non-hydrogen) atoms. The van der Waals surface area contributed by atoms with Crippen LogP contribution in [0.2, 0.25) is 0 Å². The molecule has 1 rings (SSSR count). The van der Waals surface area contributed by atoms with Gasteiger partial charge in [-0.15, -0.1) is 11.6 Å². The van der Waals surface area contributed by atoms with Crippen molar-refractivity contribution in [3.8, 4) is 0 Å². The minimum atomic E-state index is -1.37. The number of rotatable bonds is 7. The average molecular weight is 307 g/mol. The third-order valence-corrected chi connectivity index (χ3v) is 2.84. The fourth-order valence-corrected chi connectivity index (χ4v) is 1.75. The molecule has 0 bridgehead atoms. The highest BCUT2D eigenvalue weighted by molar-refractivity contribution is 6.17. The molecule has 0 heterocycles. The largest absolute Gasteiger partial charge is 0.352 e. The highest BCUT2D eigenvalue weighted by atomic mass is 35.5. The second kappa shape index (κ2) is 7.74. The van der Waals surface area contributed by atoms with Crippen molar-refractivity contribution >= 4 is 23.2 Å². The summed E-state index contributed by atoms with van der Waals surface area (Å²) in [6, 6.07) is 0.930. The minimum Gasteiger partial charge on any atom is -0.352 e. The van der Waals surface area contributed by atoms with Crippen LogP contribution < -0.4 is 5.32 Å². The van der Waals surface area contributed by atoms with Crippen LogP contribution in [-0.2, 0) is 0 Å². The molecule has 8 heteroatoms. The number of benzene rings is 1. The Balaban J connectivity index is 2.76. The Kier molecular flexibility index (Phi) is 6.30. The van der Waals surface area contributed by atoms with Gasteiger partial charge in [-0.05, 0) is 18.9 Å². The van der Waals surface area contributed by atoms with Gasteiger partial charge >= 0.3 is 0 Å². The van der Waals surface area contributed by atoms with E-state index in [1.165, 1.54) is 0 Å². The molecular weight excluding hydrogens is 294 g/mol. The fraction of sp³-hybridized carbons (Fsp3) is 0.417. The van der Waals surface area contributed by atoms with Crippen molar-refractivity contribution in [3.63, 3.8) is 0 Å². The van der Waals surface area contributed by atoms with Crippen LogP contribution in [0.5, 0.6) is 0 Å². The van der Waals surface area contributed by atoms with E-state index in [2.05, 4.69) is 5.32 Å². The van der Waals surface area contributed by atoms with E-state index in [-0.39, 0.29) is 6.54 Å². The van der Waals surface area contributed by atoms with Crippen LogP contribution in [0.3, 0.4) is 0 Å². The maximum atomic E-state index is 13.1. The van der Waals surface area contributed by atoms with Crippen molar-refractivity contribution < 1.29 is 18.5 Å². The minimum absolute atomic E-state index is 0.284. The number of hydrogen-bond donors (Lipinski definition) is 1. The van der Waals surface area contributed by atoms with E-state index < -0.39 is 33.7 Å². The molecule has 1 aromatic carbocycles. The fourth-order valence-electron chi connectivity index (χ4n) is 1.56. The summed E-state index contributed by atoms with van der Waals surface area (Å²) < 4.78 is 26.0. The third-order valence-electron chi connectivity index (χ3n) is 2.58. The van der Waals surface area contributed by atoms with Gasteiger partial charge in [-0.1, -0.05) is 6.42 Å². The number of alkyl halides is 1. The normalized spacial score (nSPS) is 10.3. The quantitative estimate of drug-likeness (QED) is 0.364. The van der Waals surface area contributed by atoms with Crippen molar-refractivity contribution in [1.82, 2.24) is 5.32 Å². The summed E-state index contributed by atoms with van der Waals surface area (Å²) in [7, 11) is 0. The first kappa shape index (κ1) is 16.3. The van der Waals surface area contributed by atoms with Gasteiger partial charge in [0.2, 0.25) is 0 Å². The topological polar surface area (TPSA) is 72.2 Å². The third kappa shape index (κ3) is 4.41. The molecule has 0 saturated carbocycles. The molecule has 5 nitrogen and oxygen atoms in total. The molecule has 110 valence electrons. The summed E-state index contributed by atoms with van der Waals surface area (Å²) in [6.45, 7) is 0.284. The Hall–Kier alpha value is -1.76. The van der Waals surface area contributed by atoms with E-state index in [0.717, 1.165) is 12.8 Å². The summed E-state index contributed by atoms with van der Waals surface area (Å²) in [5.74, 6) is -2.96. The number of unbranched alkanes of at least 4 members (excludes halogenated alkanes) is 2. The van der Waals surface area contributed by atoms with Crippen molar-refractivity contribution in [1.29, 1.82) is 0 Å². The Morgan fingerprint density at radius 2 is 1.90 bits per heavy atom. The van der Waals surface area contributed by atoms with E-state index in [1.54, 1.807) is 0 Å². The Morgan fingerprint density at radius 1 is 1.25 bits per heavy atom. The highest BCUT2D eigenvalue weighted by Gasteiger charge is 2.23. The lowest BCUT2D eigenvalue weighted by Crippen LogP contribution is -2.25. The average Bonchev–Trinajstić information content (AvgIpc) is 2.40. The van der Waals surface area contributed by atoms with Gasteiger partial charge < -0.3 is 5.32 Å². The Labute approximate surface area is 119 Å². The summed E-state index contributed by atoms with van der Waals surface area (Å²) >= 11 is 5.49. The van der Waals surface area contributed by atoms with E-state index in [9.17, 15) is 23.7 Å². The van der Waals surface area contributed by atoms with Crippen molar-refractivity contribution in [3.05, 3.63) is 39.4 Å². The Morgan fingerprint density at radius 3 is 2.50 bits per heavy atom. The van der Waals surface area contributed by atoms with Crippen LogP contribution in [0.15, 0.2) is 12.1 Å². The summed E-state index contributed by atoms with van der Waals surface area (Å²) in [4.78, 5) is 21.5. The summed E-state index contributed by atoms with van der Waals surface area (Å²) in [5.41, 5.74) is -1.26. The maximum absolute atomic E-state index is 13.1. The van der Waals surface area contributed by atoms with Crippen LogP contribution in [0.1, 0.15) is 29.6 Å². The van der Waals surface area contributed by atoms with Crippen molar-refractivity contribution in [2.45, 2.75) is 19.3 Å². The maximum Gasteiger partial charge on any atom is 0.285 e. The lowest BCUT2D eigenvalue weighted by atomic mass is 10.1. The molecule has 1 amide bonds. The number of halogens is 3. The zero-order chi connectivity index (χ0) is 15.1. The molecule has 0 atom stereocenters. The van der Waals surface area contributed by atoms with E-state index in [4.69, 9.17) is 11.6 Å². The van der Waals surface area contributed by atoms with Gasteiger partial charge in [-0.3, -0.25) is 14.9 Å². The monoisotopic (exact) mass is 306 g/mol. The molecule has 0 fully saturated rings. The van der Waals surface area contributed by atoms with Gasteiger partial charge in [0.25, 0.3) is 11.6 Å². The zero-order valence-corrected chi connectivity index (χ0v) is 11.3. The number of amides is 1. The molecule has 0 aliphatic heterocycles. The molecule has 0 radical (unpaired) electrons. The molecular formula is C12H13ClF2N2O3. The van der Waals surface area contributed by atoms with Crippen molar-refractivity contribution in [2.24, 2.45) is 0 Å². The van der Waals surface area contributed by atoms with Gasteiger partial charge in [-0.2, -0.15) is 0 Å². The summed E-state index contributed by atoms with van der Waals surface area (Å²) in [5, 5.41) is 13.2. The molecule has 0 saturated heterocycles. The number of nitro groups is 1. The molecule has 1 aromatic rings. The van der Waals surface area contributed by atoms with Gasteiger partial charge in [-0.25, -0.2) is 8.78 Å². The second-order valence-electron chi connectivity index (χ2n) is 4.05. The summed E-state index contributed by atoms with van der Waals surface area (Å²) in [6.07, 6.45) is 2.24. The van der Waals surface area contributed by atoms with E-state index in [1.807, 2.05) is 0 Å². The number of nitro benzene ring substituents is 1. The standard InChI is InChI=1S/C12H13ClF2N2O3/c13-4-2-1-3-5-16-12(18)8-6-9(14)10(15)7-11(8)17(19)20/h6-7H,1-5H2,(H,16,18). The number of nitrogens with zero attached hydrogens (tertiary/aromatic N) is 1. The number of carbonyl (C=O) groups excluding carboxylic acids is 1. The number of carbonyl (C=O) groups is 1. The SMILES string of the molecule is O=C(NCCCCCCl)c1cc(F)c(F)cc1[N+](=O)[O-]. The van der Waals surface area contributed by atoms with E-state index >= 15 is 0 Å². The lowest BCUT2D eigenvalue weighted by molar-refractivity contribution is -0.385. The van der Waals surface area contributed by atoms with Crippen LogP contribution in [0.4, 0.5) is 14.5 Å². The van der Waals surface area contributed by atoms with Crippen LogP contribution in [0.25, 0.3) is 0 Å². The van der Waals surface area contributed by atoms with Gasteiger partial charge in [0.05, 0.1) is 11.0 Å². The highest BCUT2D eigenvalue weighted by Crippen LogP contribution is 2.22. The molecule has 0 spiro atoms. The second-order valence-corrected chi connectivity index (χ2v) is 4.42. The molecule has 0 aliphatic carbocycles. The van der Waals surface area contributed by atoms with Gasteiger partial charge in [0, 0.05) is 12.4 Å². The molecule has 0 aromatic heterocycles. The first-order valence-corrected chi connectivity index (χ1v) is 6.48. The van der Waals surface area contributed by atoms with E-state index in [0.29, 0.717) is 24.4 Å². The smallest absolute Gasteiger partial charge is 0.285 e. The van der Waals surface area contributed by atoms with Gasteiger partial charge in [0.15, 0.2) is 11.6 Å². The predicted molar refractivity (Wildman–Crippen MR) is 69.9 cm³/mol. The van der Waals surface area contributed by atoms with Crippen LogP contribution in [-0.4, -0.2) is 23.3 Å². The molecule has 0 aliphatic rings. The van der Waals surface area contributed by atoms with Gasteiger partial charge in [0.1, 0.15) is 5.56 Å². The first-order valence-electron chi connectivity index (χ1n) is 5.95. The first-order chi connectivity index (χ1) is 9.47. The Bertz CT molecular complexity index is 512. The number of nitrogens with one attached hydrogen (secondary N) is 1. The van der Waals surface area contributed by atoms with Crippen molar-refractivity contribution in [2.75, 3.05) is 12.4 Å². The zero-order valence-electron chi connectivity index (χ0n) is 10.5. The number of hydrogen-bond acceptors (Lipinski definition) is 3. The molecule has 0 unspecified atom stereocenters. The molecule has 1 N–H and O–H groups in total. The van der Waals surface area contributed by atoms with Crippen LogP contribution >= 0.6 is 11.6 Å². The van der Waals surface area contributed by atoms with Crippen LogP contribution in [0, 0.1) is 21.7 Å².